The molecule has 0 aromatic heterocycles. The van der Waals surface area contributed by atoms with E-state index in [0.29, 0.717) is 16.8 Å². The molecular weight excluding hydrogens is 355 g/mol. The molecule has 1 heterocycles. The minimum atomic E-state index is 0.377. The maximum atomic E-state index is 12.7. The van der Waals surface area contributed by atoms with E-state index in [2.05, 4.69) is 9.80 Å². The number of hydrogen-bond donors (Lipinski definition) is 0. The second-order valence-corrected chi connectivity index (χ2v) is 8.88. The molecular formula is C20H26Cl2N2O. The van der Waals surface area contributed by atoms with Gasteiger partial charge in [0.1, 0.15) is 0 Å². The van der Waals surface area contributed by atoms with Crippen LogP contribution in [0.4, 0.5) is 0 Å². The monoisotopic (exact) mass is 380 g/mol. The quantitative estimate of drug-likeness (QED) is 0.769. The Balaban J connectivity index is 1.26. The van der Waals surface area contributed by atoms with Crippen LogP contribution in [0.25, 0.3) is 0 Å². The first kappa shape index (κ1) is 17.6. The van der Waals surface area contributed by atoms with Crippen molar-refractivity contribution in [3.05, 3.63) is 33.8 Å². The number of rotatable bonds is 4. The van der Waals surface area contributed by atoms with Crippen LogP contribution in [0.2, 0.25) is 10.0 Å². The van der Waals surface area contributed by atoms with Gasteiger partial charge >= 0.3 is 0 Å². The molecule has 1 aromatic rings. The van der Waals surface area contributed by atoms with Crippen LogP contribution < -0.4 is 0 Å². The van der Waals surface area contributed by atoms with Gasteiger partial charge in [0.15, 0.2) is 0 Å². The van der Waals surface area contributed by atoms with E-state index in [-0.39, 0.29) is 0 Å². The number of hydrogen-bond acceptors (Lipinski definition) is 2. The third-order valence-electron chi connectivity index (χ3n) is 6.46. The second kappa shape index (κ2) is 7.46. The molecule has 25 heavy (non-hydrogen) atoms. The van der Waals surface area contributed by atoms with Gasteiger partial charge in [-0.15, -0.1) is 0 Å². The minimum Gasteiger partial charge on any atom is -0.340 e. The first-order chi connectivity index (χ1) is 12.1. The van der Waals surface area contributed by atoms with Crippen LogP contribution in [0.5, 0.6) is 0 Å². The molecule has 3 aliphatic rings. The number of nitrogens with zero attached hydrogens (tertiary/aromatic N) is 2. The normalized spacial score (nSPS) is 29.4. The average Bonchev–Trinajstić information content (AvgIpc) is 3.21. The summed E-state index contributed by atoms with van der Waals surface area (Å²) >= 11 is 12.2. The fourth-order valence-electron chi connectivity index (χ4n) is 5.03. The van der Waals surface area contributed by atoms with Crippen molar-refractivity contribution in [3.63, 3.8) is 0 Å². The van der Waals surface area contributed by atoms with Gasteiger partial charge in [0.2, 0.25) is 5.91 Å². The Bertz CT molecular complexity index is 643. The van der Waals surface area contributed by atoms with Crippen molar-refractivity contribution in [2.45, 2.75) is 38.6 Å². The molecule has 0 spiro atoms. The molecule has 3 unspecified atom stereocenters. The Morgan fingerprint density at radius 2 is 1.88 bits per heavy atom. The lowest BCUT2D eigenvalue weighted by Crippen LogP contribution is -2.48. The van der Waals surface area contributed by atoms with Crippen LogP contribution in [0, 0.1) is 17.8 Å². The summed E-state index contributed by atoms with van der Waals surface area (Å²) in [5, 5.41) is 1.40. The zero-order chi connectivity index (χ0) is 17.4. The summed E-state index contributed by atoms with van der Waals surface area (Å²) in [7, 11) is 0. The number of carbonyl (C=O) groups is 1. The minimum absolute atomic E-state index is 0.377. The summed E-state index contributed by atoms with van der Waals surface area (Å²) in [5.74, 6) is 2.80. The van der Waals surface area contributed by atoms with Crippen molar-refractivity contribution in [1.82, 2.24) is 9.80 Å². The zero-order valence-electron chi connectivity index (χ0n) is 14.6. The highest BCUT2D eigenvalue weighted by atomic mass is 35.5. The molecule has 2 aliphatic carbocycles. The SMILES string of the molecule is O=C(CC1CC2CCC1C2)N1CCN(Cc2ccc(Cl)cc2Cl)CC1. The lowest BCUT2D eigenvalue weighted by molar-refractivity contribution is -0.134. The molecule has 4 rings (SSSR count). The Kier molecular flexibility index (Phi) is 5.26. The van der Waals surface area contributed by atoms with Crippen molar-refractivity contribution < 1.29 is 4.79 Å². The highest BCUT2D eigenvalue weighted by Crippen LogP contribution is 2.49. The molecule has 3 fully saturated rings. The van der Waals surface area contributed by atoms with E-state index < -0.39 is 0 Å². The molecule has 136 valence electrons. The third-order valence-corrected chi connectivity index (χ3v) is 7.04. The molecule has 1 amide bonds. The Hall–Kier alpha value is -0.770. The smallest absolute Gasteiger partial charge is 0.222 e. The Morgan fingerprint density at radius 3 is 2.52 bits per heavy atom. The van der Waals surface area contributed by atoms with E-state index >= 15 is 0 Å². The van der Waals surface area contributed by atoms with E-state index in [0.717, 1.165) is 61.6 Å². The highest BCUT2D eigenvalue weighted by Gasteiger charge is 2.40. The van der Waals surface area contributed by atoms with Crippen molar-refractivity contribution >= 4 is 29.1 Å². The molecule has 1 saturated heterocycles. The Labute approximate surface area is 160 Å². The third kappa shape index (κ3) is 3.99. The summed E-state index contributed by atoms with van der Waals surface area (Å²) in [4.78, 5) is 17.1. The van der Waals surface area contributed by atoms with Gasteiger partial charge in [-0.25, -0.2) is 0 Å². The maximum absolute atomic E-state index is 12.7. The van der Waals surface area contributed by atoms with Gasteiger partial charge in [0, 0.05) is 49.2 Å². The predicted octanol–water partition coefficient (Wildman–Crippen LogP) is 4.46. The summed E-state index contributed by atoms with van der Waals surface area (Å²) in [6.45, 7) is 4.34. The van der Waals surface area contributed by atoms with Gasteiger partial charge in [-0.2, -0.15) is 0 Å². The van der Waals surface area contributed by atoms with Crippen LogP contribution in [0.15, 0.2) is 18.2 Å². The molecule has 3 atom stereocenters. The van der Waals surface area contributed by atoms with E-state index in [1.54, 1.807) is 6.07 Å². The van der Waals surface area contributed by atoms with Crippen molar-refractivity contribution in [2.75, 3.05) is 26.2 Å². The summed E-state index contributed by atoms with van der Waals surface area (Å²) in [6, 6.07) is 5.68. The fourth-order valence-corrected chi connectivity index (χ4v) is 5.49. The molecule has 2 saturated carbocycles. The lowest BCUT2D eigenvalue weighted by Gasteiger charge is -2.36. The first-order valence-electron chi connectivity index (χ1n) is 9.52. The van der Waals surface area contributed by atoms with Crippen molar-refractivity contribution in [2.24, 2.45) is 17.8 Å². The van der Waals surface area contributed by atoms with Crippen LogP contribution >= 0.6 is 23.2 Å². The van der Waals surface area contributed by atoms with E-state index in [9.17, 15) is 4.79 Å². The second-order valence-electron chi connectivity index (χ2n) is 8.03. The number of halogens is 2. The maximum Gasteiger partial charge on any atom is 0.222 e. The standard InChI is InChI=1S/C20H26Cl2N2O/c21-18-4-3-16(19(22)12-18)13-23-5-7-24(8-6-23)20(25)11-17-10-14-1-2-15(17)9-14/h3-4,12,14-15,17H,1-2,5-11,13H2. The van der Waals surface area contributed by atoms with Crippen LogP contribution in [0.1, 0.15) is 37.7 Å². The Morgan fingerprint density at radius 1 is 1.08 bits per heavy atom. The average molecular weight is 381 g/mol. The fraction of sp³-hybridized carbons (Fsp3) is 0.650. The van der Waals surface area contributed by atoms with Crippen molar-refractivity contribution in [1.29, 1.82) is 0 Å². The summed E-state index contributed by atoms with van der Waals surface area (Å²) in [5.41, 5.74) is 1.10. The lowest BCUT2D eigenvalue weighted by atomic mass is 9.86. The van der Waals surface area contributed by atoms with Crippen LogP contribution in [-0.4, -0.2) is 41.9 Å². The molecule has 1 aromatic carbocycles. The van der Waals surface area contributed by atoms with E-state index in [4.69, 9.17) is 23.2 Å². The molecule has 5 heteroatoms. The van der Waals surface area contributed by atoms with Gasteiger partial charge in [-0.3, -0.25) is 9.69 Å². The van der Waals surface area contributed by atoms with Gasteiger partial charge < -0.3 is 4.90 Å². The van der Waals surface area contributed by atoms with Crippen LogP contribution in [-0.2, 0) is 11.3 Å². The predicted molar refractivity (Wildman–Crippen MR) is 102 cm³/mol. The first-order valence-corrected chi connectivity index (χ1v) is 10.3. The summed E-state index contributed by atoms with van der Waals surface area (Å²) in [6.07, 6.45) is 6.22. The van der Waals surface area contributed by atoms with E-state index in [1.165, 1.54) is 25.7 Å². The molecule has 2 bridgehead atoms. The number of carbonyl (C=O) groups excluding carboxylic acids is 1. The highest BCUT2D eigenvalue weighted by molar-refractivity contribution is 6.35. The molecule has 1 aliphatic heterocycles. The van der Waals surface area contributed by atoms with Gasteiger partial charge in [-0.05, 0) is 54.7 Å². The number of amides is 1. The van der Waals surface area contributed by atoms with Crippen molar-refractivity contribution in [3.8, 4) is 0 Å². The van der Waals surface area contributed by atoms with Gasteiger partial charge in [0.05, 0.1) is 0 Å². The molecule has 0 N–H and O–H groups in total. The molecule has 3 nitrogen and oxygen atoms in total. The number of benzene rings is 1. The van der Waals surface area contributed by atoms with Crippen LogP contribution in [0.3, 0.4) is 0 Å². The van der Waals surface area contributed by atoms with Gasteiger partial charge in [0.25, 0.3) is 0 Å². The zero-order valence-corrected chi connectivity index (χ0v) is 16.1. The van der Waals surface area contributed by atoms with Gasteiger partial charge in [-0.1, -0.05) is 35.7 Å². The van der Waals surface area contributed by atoms with E-state index in [1.807, 2.05) is 12.1 Å². The molecule has 0 radical (unpaired) electrons. The summed E-state index contributed by atoms with van der Waals surface area (Å²) < 4.78 is 0. The largest absolute Gasteiger partial charge is 0.340 e. The number of fused-ring (bicyclic) bond motifs is 2. The topological polar surface area (TPSA) is 23.6 Å². The number of piperazine rings is 1.